The number of nitrogens with zero attached hydrogens (tertiary/aromatic N) is 2. The molecule has 0 fully saturated rings. The quantitative estimate of drug-likeness (QED) is 0.273. The minimum atomic E-state index is -0.968. The summed E-state index contributed by atoms with van der Waals surface area (Å²) >= 11 is 0. The molecule has 2 aliphatic carbocycles. The minimum absolute atomic E-state index is 0.0942. The van der Waals surface area contributed by atoms with Gasteiger partial charge in [0.1, 0.15) is 23.7 Å². The van der Waals surface area contributed by atoms with Crippen molar-refractivity contribution in [1.82, 2.24) is 9.97 Å². The van der Waals surface area contributed by atoms with Crippen molar-refractivity contribution in [2.24, 2.45) is 0 Å². The Labute approximate surface area is 193 Å². The summed E-state index contributed by atoms with van der Waals surface area (Å²) in [7, 11) is 0. The molecule has 4 N–H and O–H groups in total. The number of aliphatic hydroxyl groups excluding tert-OH is 4. The Kier molecular flexibility index (Phi) is 3.75. The summed E-state index contributed by atoms with van der Waals surface area (Å²) in [6.07, 6.45) is -1.94. The number of hydrogen-bond donors (Lipinski definition) is 4. The van der Waals surface area contributed by atoms with Gasteiger partial charge in [-0.15, -0.1) is 0 Å². The van der Waals surface area contributed by atoms with Gasteiger partial charge in [-0.3, -0.25) is 0 Å². The lowest BCUT2D eigenvalue weighted by Gasteiger charge is -2.24. The van der Waals surface area contributed by atoms with Crippen molar-refractivity contribution in [3.63, 3.8) is 0 Å². The highest BCUT2D eigenvalue weighted by Gasteiger charge is 2.29. The number of aromatic nitrogens is 2. The normalized spacial score (nSPS) is 18.4. The van der Waals surface area contributed by atoms with E-state index < -0.39 is 12.2 Å². The second kappa shape index (κ2) is 6.63. The van der Waals surface area contributed by atoms with Gasteiger partial charge < -0.3 is 20.4 Å². The van der Waals surface area contributed by atoms with Gasteiger partial charge in [-0.2, -0.15) is 0 Å². The van der Waals surface area contributed by atoms with Crippen LogP contribution in [0.4, 0.5) is 0 Å². The van der Waals surface area contributed by atoms with Crippen LogP contribution in [0.1, 0.15) is 45.6 Å². The highest BCUT2D eigenvalue weighted by Crippen LogP contribution is 2.36. The van der Waals surface area contributed by atoms with Gasteiger partial charge in [0.05, 0.1) is 22.1 Å². The van der Waals surface area contributed by atoms with Gasteiger partial charge in [0.25, 0.3) is 0 Å². The van der Waals surface area contributed by atoms with Crippen LogP contribution in [0.3, 0.4) is 0 Å². The Morgan fingerprint density at radius 1 is 0.529 bits per heavy atom. The standard InChI is InChI=1S/C28H18N2O4/c31-25-13-5-1-3-7-15(13)27(33)21-17(25)9-11-19-23(21)29-20-12-10-18-22(24(20)30-19)28(34)16-8-4-2-6-14(16)26(18)32/h1-12,27-28,31-34H. The number of benzene rings is 4. The minimum Gasteiger partial charge on any atom is -0.507 e. The molecule has 2 atom stereocenters. The van der Waals surface area contributed by atoms with Crippen LogP contribution in [-0.4, -0.2) is 30.4 Å². The molecule has 2 aliphatic rings. The van der Waals surface area contributed by atoms with Crippen molar-refractivity contribution in [2.75, 3.05) is 0 Å². The van der Waals surface area contributed by atoms with Crippen molar-refractivity contribution >= 4 is 33.6 Å². The Morgan fingerprint density at radius 2 is 0.941 bits per heavy atom. The zero-order valence-corrected chi connectivity index (χ0v) is 17.8. The molecule has 0 radical (unpaired) electrons. The maximum atomic E-state index is 11.2. The Morgan fingerprint density at radius 3 is 1.38 bits per heavy atom. The number of hydrogen-bond acceptors (Lipinski definition) is 6. The van der Waals surface area contributed by atoms with Crippen molar-refractivity contribution < 1.29 is 20.4 Å². The molecule has 0 saturated carbocycles. The first-order valence-corrected chi connectivity index (χ1v) is 11.0. The maximum Gasteiger partial charge on any atom is 0.130 e. The fourth-order valence-corrected chi connectivity index (χ4v) is 5.32. The first kappa shape index (κ1) is 19.2. The Balaban J connectivity index is 1.58. The molecule has 5 aromatic rings. The molecular formula is C28H18N2O4. The van der Waals surface area contributed by atoms with E-state index in [0.717, 1.165) is 0 Å². The van der Waals surface area contributed by atoms with E-state index in [1.54, 1.807) is 48.5 Å². The van der Waals surface area contributed by atoms with Crippen LogP contribution in [-0.2, 0) is 0 Å². The summed E-state index contributed by atoms with van der Waals surface area (Å²) in [6.45, 7) is 0. The van der Waals surface area contributed by atoms with Gasteiger partial charge >= 0.3 is 0 Å². The third-order valence-corrected chi connectivity index (χ3v) is 6.93. The van der Waals surface area contributed by atoms with Gasteiger partial charge in [-0.1, -0.05) is 48.5 Å². The van der Waals surface area contributed by atoms with Gasteiger partial charge in [0, 0.05) is 32.7 Å². The molecule has 0 aliphatic heterocycles. The van der Waals surface area contributed by atoms with E-state index in [2.05, 4.69) is 0 Å². The molecule has 0 spiro atoms. The number of aliphatic hydroxyl groups is 4. The van der Waals surface area contributed by atoms with Crippen molar-refractivity contribution in [2.45, 2.75) is 12.2 Å². The highest BCUT2D eigenvalue weighted by molar-refractivity contribution is 5.92. The summed E-state index contributed by atoms with van der Waals surface area (Å²) in [6, 6.07) is 21.4. The molecule has 1 aromatic heterocycles. The second-order valence-corrected chi connectivity index (χ2v) is 8.69. The molecule has 0 bridgehead atoms. The predicted octanol–water partition coefficient (Wildman–Crippen LogP) is 3.00. The van der Waals surface area contributed by atoms with Crippen molar-refractivity contribution in [3.8, 4) is 0 Å². The van der Waals surface area contributed by atoms with Crippen LogP contribution in [0.2, 0.25) is 0 Å². The molecule has 6 nitrogen and oxygen atoms in total. The first-order chi connectivity index (χ1) is 16.5. The van der Waals surface area contributed by atoms with Crippen molar-refractivity contribution in [1.29, 1.82) is 0 Å². The van der Waals surface area contributed by atoms with Gasteiger partial charge in [0.2, 0.25) is 0 Å². The average Bonchev–Trinajstić information content (AvgIpc) is 2.88. The van der Waals surface area contributed by atoms with Gasteiger partial charge in [0.15, 0.2) is 0 Å². The fourth-order valence-electron chi connectivity index (χ4n) is 5.32. The van der Waals surface area contributed by atoms with Crippen LogP contribution in [0.5, 0.6) is 0 Å². The van der Waals surface area contributed by atoms with Crippen LogP contribution >= 0.6 is 0 Å². The van der Waals surface area contributed by atoms with Crippen LogP contribution < -0.4 is 10.4 Å². The summed E-state index contributed by atoms with van der Waals surface area (Å²) in [4.78, 5) is 9.65. The highest BCUT2D eigenvalue weighted by atomic mass is 16.3. The first-order valence-electron chi connectivity index (χ1n) is 11.0. The van der Waals surface area contributed by atoms with E-state index in [1.807, 2.05) is 24.3 Å². The molecule has 4 aromatic carbocycles. The number of fused-ring (bicyclic) bond motifs is 8. The summed E-state index contributed by atoms with van der Waals surface area (Å²) in [5.74, 6) is 0.188. The fraction of sp³-hybridized carbons (Fsp3) is 0.0714. The summed E-state index contributed by atoms with van der Waals surface area (Å²) < 4.78 is 0. The lowest BCUT2D eigenvalue weighted by Crippen LogP contribution is -2.26. The van der Waals surface area contributed by atoms with Crippen molar-refractivity contribution in [3.05, 3.63) is 117 Å². The lowest BCUT2D eigenvalue weighted by molar-refractivity contribution is 0.217. The largest absolute Gasteiger partial charge is 0.507 e. The Bertz CT molecular complexity index is 1690. The predicted molar refractivity (Wildman–Crippen MR) is 128 cm³/mol. The van der Waals surface area contributed by atoms with E-state index in [1.165, 1.54) is 0 Å². The van der Waals surface area contributed by atoms with Gasteiger partial charge in [-0.25, -0.2) is 9.97 Å². The zero-order valence-electron chi connectivity index (χ0n) is 17.8. The van der Waals surface area contributed by atoms with E-state index >= 15 is 0 Å². The topological polar surface area (TPSA) is 107 Å². The van der Waals surface area contributed by atoms with E-state index in [0.29, 0.717) is 65.9 Å². The third kappa shape index (κ3) is 2.36. The summed E-state index contributed by atoms with van der Waals surface area (Å²) in [5, 5.41) is 45.3. The molecule has 6 heteroatoms. The van der Waals surface area contributed by atoms with Crippen LogP contribution in [0.25, 0.3) is 33.6 Å². The molecule has 7 rings (SSSR count). The SMILES string of the molecule is OC1=c2ccc3nc4c5c(ccc4nc3c2C(O)c2ccccc21)=C(O)c1ccccc1C5O. The number of rotatable bonds is 0. The lowest BCUT2D eigenvalue weighted by atomic mass is 9.87. The smallest absolute Gasteiger partial charge is 0.130 e. The van der Waals surface area contributed by atoms with Crippen LogP contribution in [0, 0.1) is 0 Å². The molecule has 1 heterocycles. The van der Waals surface area contributed by atoms with E-state index in [9.17, 15) is 20.4 Å². The molecule has 34 heavy (non-hydrogen) atoms. The molecular weight excluding hydrogens is 428 g/mol. The summed E-state index contributed by atoms with van der Waals surface area (Å²) in [5.41, 5.74) is 5.43. The third-order valence-electron chi connectivity index (χ3n) is 6.93. The van der Waals surface area contributed by atoms with Crippen LogP contribution in [0.15, 0.2) is 72.8 Å². The Hall–Kier alpha value is -4.26. The van der Waals surface area contributed by atoms with E-state index in [4.69, 9.17) is 9.97 Å². The molecule has 164 valence electrons. The molecule has 0 saturated heterocycles. The van der Waals surface area contributed by atoms with E-state index in [-0.39, 0.29) is 11.5 Å². The average molecular weight is 446 g/mol. The maximum absolute atomic E-state index is 11.2. The molecule has 2 unspecified atom stereocenters. The zero-order chi connectivity index (χ0) is 23.1. The monoisotopic (exact) mass is 446 g/mol. The van der Waals surface area contributed by atoms with Gasteiger partial charge in [-0.05, 0) is 35.4 Å². The second-order valence-electron chi connectivity index (χ2n) is 8.69. The molecule has 0 amide bonds.